The summed E-state index contributed by atoms with van der Waals surface area (Å²) in [6, 6.07) is 9.33. The van der Waals surface area contributed by atoms with Gasteiger partial charge in [0.2, 0.25) is 5.60 Å². The molecule has 1 aliphatic rings. The molecule has 5 N–H and O–H groups in total. The van der Waals surface area contributed by atoms with Crippen molar-refractivity contribution in [3.05, 3.63) is 71.2 Å². The lowest BCUT2D eigenvalue weighted by atomic mass is 9.89. The lowest BCUT2D eigenvalue weighted by Gasteiger charge is -2.32. The van der Waals surface area contributed by atoms with E-state index >= 15 is 0 Å². The van der Waals surface area contributed by atoms with Crippen LogP contribution in [0.1, 0.15) is 49.3 Å². The minimum Gasteiger partial charge on any atom is -0.493 e. The minimum atomic E-state index is -5.42. The van der Waals surface area contributed by atoms with Crippen LogP contribution in [0.4, 0.5) is 28.0 Å². The van der Waals surface area contributed by atoms with Gasteiger partial charge in [0.25, 0.3) is 5.91 Å². The Hall–Kier alpha value is -4.16. The third kappa shape index (κ3) is 8.02. The highest BCUT2D eigenvalue weighted by Crippen LogP contribution is 2.49. The van der Waals surface area contributed by atoms with Gasteiger partial charge in [0.15, 0.2) is 11.5 Å². The predicted molar refractivity (Wildman–Crippen MR) is 172 cm³/mol. The Morgan fingerprint density at radius 2 is 1.76 bits per heavy atom. The van der Waals surface area contributed by atoms with E-state index in [0.717, 1.165) is 23.1 Å². The highest BCUT2D eigenvalue weighted by molar-refractivity contribution is 7.91. The molecule has 1 aliphatic heterocycles. The summed E-state index contributed by atoms with van der Waals surface area (Å²) in [5.41, 5.74) is -7.40. The van der Waals surface area contributed by atoms with Gasteiger partial charge in [-0.1, -0.05) is 0 Å². The fourth-order valence-corrected chi connectivity index (χ4v) is 5.50. The smallest absolute Gasteiger partial charge is 0.424 e. The minimum absolute atomic E-state index is 0.00202. The van der Waals surface area contributed by atoms with Crippen molar-refractivity contribution in [2.24, 2.45) is 0 Å². The van der Waals surface area contributed by atoms with Crippen molar-refractivity contribution in [1.82, 2.24) is 15.0 Å². The Bertz CT molecular complexity index is 1690. The zero-order valence-electron chi connectivity index (χ0n) is 27.1. The number of alkyl halides is 3. The molecule has 49 heavy (non-hydrogen) atoms. The van der Waals surface area contributed by atoms with E-state index in [0.29, 0.717) is 0 Å². The number of fused-ring (bicyclic) bond motifs is 1. The summed E-state index contributed by atoms with van der Waals surface area (Å²) < 4.78 is 87.2. The predicted octanol–water partition coefficient (Wildman–Crippen LogP) is 5.13. The van der Waals surface area contributed by atoms with Gasteiger partial charge in [-0.3, -0.25) is 9.69 Å². The Kier molecular flexibility index (Phi) is 11.0. The number of hydrogen-bond donors (Lipinski definition) is 5. The number of aromatic nitrogens is 1. The Labute approximate surface area is 283 Å². The highest BCUT2D eigenvalue weighted by Gasteiger charge is 2.58. The van der Waals surface area contributed by atoms with Crippen LogP contribution in [0, 0.1) is 5.82 Å². The number of carbonyl (C=O) groups excluding carboxylic acids is 2. The van der Waals surface area contributed by atoms with E-state index in [-0.39, 0.29) is 71.6 Å². The molecule has 1 aromatic heterocycles. The van der Waals surface area contributed by atoms with Crippen LogP contribution in [0.3, 0.4) is 0 Å². The summed E-state index contributed by atoms with van der Waals surface area (Å²) >= 11 is 0.159. The molecular weight excluding hydrogens is 676 g/mol. The second-order valence-electron chi connectivity index (χ2n) is 12.3. The summed E-state index contributed by atoms with van der Waals surface area (Å²) in [6.07, 6.45) is -6.29. The first-order valence-electron chi connectivity index (χ1n) is 14.8. The maximum absolute atomic E-state index is 14.9. The first kappa shape index (κ1) is 37.7. The Balaban J connectivity index is 1.85. The molecule has 0 radical (unpaired) electrons. The zero-order chi connectivity index (χ0) is 36.4. The average molecular weight is 713 g/mol. The average Bonchev–Trinajstić information content (AvgIpc) is 3.33. The summed E-state index contributed by atoms with van der Waals surface area (Å²) in [7, 11) is 1.28. The molecule has 17 heteroatoms. The fraction of sp³-hybridized carbons (Fsp3) is 0.406. The number of anilines is 1. The second-order valence-corrected chi connectivity index (χ2v) is 12.7. The number of pyridine rings is 1. The van der Waals surface area contributed by atoms with E-state index < -0.39 is 53.0 Å². The molecule has 0 saturated heterocycles. The van der Waals surface area contributed by atoms with Gasteiger partial charge >= 0.3 is 12.3 Å². The lowest BCUT2D eigenvalue weighted by Crippen LogP contribution is -2.51. The van der Waals surface area contributed by atoms with Crippen LogP contribution in [-0.4, -0.2) is 76.9 Å². The molecule has 2 aromatic carbocycles. The SMILES string of the molecule is COc1cc(C(=O)NCC(O)(c2cc3c(c(-c4ccc(F)cc4)n2)N(C(=O)OC(C)(C)C)C[C@@]3(C)NSO)C(F)(F)F)ccc1OCCO. The molecule has 266 valence electrons. The highest BCUT2D eigenvalue weighted by atomic mass is 32.2. The number of amides is 2. The molecule has 0 bridgehead atoms. The molecule has 12 nitrogen and oxygen atoms in total. The first-order valence-corrected chi connectivity index (χ1v) is 15.5. The van der Waals surface area contributed by atoms with Crippen LogP contribution in [0.15, 0.2) is 48.5 Å². The summed E-state index contributed by atoms with van der Waals surface area (Å²) in [5, 5.41) is 22.5. The van der Waals surface area contributed by atoms with Crippen molar-refractivity contribution in [3.8, 4) is 22.8 Å². The van der Waals surface area contributed by atoms with E-state index in [1.165, 1.54) is 44.4 Å². The molecule has 0 spiro atoms. The summed E-state index contributed by atoms with van der Waals surface area (Å²) in [5.74, 6) is -1.41. The number of nitrogens with one attached hydrogen (secondary N) is 2. The molecule has 0 saturated carbocycles. The van der Waals surface area contributed by atoms with E-state index in [1.807, 2.05) is 0 Å². The number of nitrogens with zero attached hydrogens (tertiary/aromatic N) is 2. The number of aliphatic hydroxyl groups excluding tert-OH is 1. The second kappa shape index (κ2) is 14.4. The van der Waals surface area contributed by atoms with E-state index in [4.69, 9.17) is 19.3 Å². The fourth-order valence-electron chi connectivity index (χ4n) is 5.12. The topological polar surface area (TPSA) is 163 Å². The number of aliphatic hydroxyl groups is 2. The van der Waals surface area contributed by atoms with Crippen LogP contribution in [0.25, 0.3) is 11.3 Å². The number of carbonyl (C=O) groups is 2. The number of halogens is 4. The molecule has 0 aliphatic carbocycles. The van der Waals surface area contributed by atoms with Crippen LogP contribution in [-0.2, 0) is 15.9 Å². The van der Waals surface area contributed by atoms with Crippen molar-refractivity contribution >= 4 is 29.9 Å². The number of rotatable bonds is 11. The van der Waals surface area contributed by atoms with Crippen LogP contribution < -0.4 is 24.4 Å². The first-order chi connectivity index (χ1) is 22.9. The van der Waals surface area contributed by atoms with Crippen molar-refractivity contribution in [2.45, 2.75) is 50.6 Å². The normalized spacial score (nSPS) is 17.3. The third-order valence-corrected chi connectivity index (χ3v) is 8.05. The molecule has 2 amide bonds. The monoisotopic (exact) mass is 712 g/mol. The van der Waals surface area contributed by atoms with Crippen molar-refractivity contribution in [1.29, 1.82) is 0 Å². The molecule has 3 aromatic rings. The van der Waals surface area contributed by atoms with Crippen LogP contribution >= 0.6 is 12.2 Å². The van der Waals surface area contributed by atoms with Gasteiger partial charge in [0.1, 0.15) is 18.0 Å². The van der Waals surface area contributed by atoms with Gasteiger partial charge in [-0.25, -0.2) is 18.9 Å². The van der Waals surface area contributed by atoms with Gasteiger partial charge in [-0.15, -0.1) is 0 Å². The third-order valence-electron chi connectivity index (χ3n) is 7.51. The Morgan fingerprint density at radius 3 is 2.33 bits per heavy atom. The van der Waals surface area contributed by atoms with E-state index in [1.54, 1.807) is 20.8 Å². The van der Waals surface area contributed by atoms with E-state index in [9.17, 15) is 36.8 Å². The quantitative estimate of drug-likeness (QED) is 0.102. The standard InChI is InChI=1S/C32H36F4N4O8S/c1-29(2,3)48-28(43)40-17-30(4,39-49-45)21-15-24(38-25(26(21)40)18-6-9-20(33)10-7-18)31(44,32(34,35)36)16-37-27(42)19-8-11-22(47-13-12-41)23(14-19)46-5/h6-11,14-15,39,41,44-45H,12-13,16-17H2,1-5H3,(H,37,42)/t30-,31?/m1/s1. The van der Waals surface area contributed by atoms with Crippen LogP contribution in [0.5, 0.6) is 11.5 Å². The Morgan fingerprint density at radius 1 is 1.08 bits per heavy atom. The molecule has 2 atom stereocenters. The molecule has 2 heterocycles. The van der Waals surface area contributed by atoms with Crippen molar-refractivity contribution in [3.63, 3.8) is 0 Å². The van der Waals surface area contributed by atoms with E-state index in [2.05, 4.69) is 15.0 Å². The maximum Gasteiger partial charge on any atom is 0.424 e. The lowest BCUT2D eigenvalue weighted by molar-refractivity contribution is -0.265. The summed E-state index contributed by atoms with van der Waals surface area (Å²) in [6.45, 7) is 4.36. The molecule has 1 unspecified atom stereocenters. The van der Waals surface area contributed by atoms with Gasteiger partial charge in [-0.2, -0.15) is 13.2 Å². The van der Waals surface area contributed by atoms with Gasteiger partial charge in [-0.05, 0) is 76.2 Å². The van der Waals surface area contributed by atoms with Crippen molar-refractivity contribution in [2.75, 3.05) is 38.3 Å². The van der Waals surface area contributed by atoms with Gasteiger partial charge in [0.05, 0.1) is 61.6 Å². The van der Waals surface area contributed by atoms with Gasteiger partial charge in [0, 0.05) is 16.7 Å². The van der Waals surface area contributed by atoms with Gasteiger partial charge < -0.3 is 34.3 Å². The number of methoxy groups -OCH3 is 1. The number of benzene rings is 2. The zero-order valence-corrected chi connectivity index (χ0v) is 28.0. The molecular formula is C32H36F4N4O8S. The summed E-state index contributed by atoms with van der Waals surface area (Å²) in [4.78, 5) is 31.9. The largest absolute Gasteiger partial charge is 0.493 e. The molecule has 4 rings (SSSR count). The van der Waals surface area contributed by atoms with Crippen molar-refractivity contribution < 1.29 is 56.1 Å². The number of hydrogen-bond acceptors (Lipinski definition) is 11. The van der Waals surface area contributed by atoms with Crippen LogP contribution in [0.2, 0.25) is 0 Å². The number of ether oxygens (including phenoxy) is 3. The maximum atomic E-state index is 14.9. The molecule has 0 fully saturated rings.